The van der Waals surface area contributed by atoms with E-state index in [2.05, 4.69) is 47.4 Å². The van der Waals surface area contributed by atoms with Crippen molar-refractivity contribution < 1.29 is 14.4 Å². The van der Waals surface area contributed by atoms with E-state index in [4.69, 9.17) is 4.99 Å². The first-order valence-electron chi connectivity index (χ1n) is 15.3. The van der Waals surface area contributed by atoms with Gasteiger partial charge in [0, 0.05) is 73.8 Å². The van der Waals surface area contributed by atoms with Crippen LogP contribution in [0.5, 0.6) is 0 Å². The number of benzene rings is 2. The molecule has 3 aromatic rings. The number of pyridine rings is 1. The van der Waals surface area contributed by atoms with Gasteiger partial charge in [-0.15, -0.1) is 0 Å². The number of carbonyl (C=O) groups is 3. The van der Waals surface area contributed by atoms with E-state index < -0.39 is 5.54 Å². The molecule has 0 N–H and O–H groups in total. The molecule has 8 nitrogen and oxygen atoms in total. The van der Waals surface area contributed by atoms with E-state index in [0.29, 0.717) is 51.4 Å². The van der Waals surface area contributed by atoms with Gasteiger partial charge in [0.15, 0.2) is 0 Å². The SMILES string of the molecule is CC(C)C(=O)N1CCC2(CC1)N=C(c1ccc(-c3ccc4cnccc4c3)cc1)N(CC1CN(C(=O)C3CC3)C1)C2=O. The number of fused-ring (bicyclic) bond motifs is 1. The molecular formula is C34H37N5O3. The Morgan fingerprint density at radius 1 is 0.905 bits per heavy atom. The lowest BCUT2D eigenvalue weighted by molar-refractivity contribution is -0.142. The highest BCUT2D eigenvalue weighted by Crippen LogP contribution is 2.38. The second-order valence-corrected chi connectivity index (χ2v) is 12.8. The largest absolute Gasteiger partial charge is 0.342 e. The molecule has 7 rings (SSSR count). The smallest absolute Gasteiger partial charge is 0.256 e. The van der Waals surface area contributed by atoms with Crippen LogP contribution in [0.4, 0.5) is 0 Å². The lowest BCUT2D eigenvalue weighted by Gasteiger charge is -2.42. The van der Waals surface area contributed by atoms with Crippen molar-refractivity contribution in [2.75, 3.05) is 32.7 Å². The fourth-order valence-electron chi connectivity index (χ4n) is 6.62. The van der Waals surface area contributed by atoms with E-state index in [1.807, 2.05) is 40.8 Å². The Balaban J connectivity index is 1.14. The van der Waals surface area contributed by atoms with Gasteiger partial charge in [-0.3, -0.25) is 29.3 Å². The van der Waals surface area contributed by atoms with Gasteiger partial charge < -0.3 is 9.80 Å². The van der Waals surface area contributed by atoms with E-state index in [1.54, 1.807) is 6.20 Å². The summed E-state index contributed by atoms with van der Waals surface area (Å²) in [6.45, 7) is 6.87. The number of likely N-dealkylation sites (tertiary alicyclic amines) is 2. The number of aliphatic imine (C=N–C) groups is 1. The molecule has 0 radical (unpaired) electrons. The Hall–Kier alpha value is -4.07. The van der Waals surface area contributed by atoms with Gasteiger partial charge >= 0.3 is 0 Å². The molecule has 0 bridgehead atoms. The zero-order chi connectivity index (χ0) is 29.0. The number of aromatic nitrogens is 1. The molecule has 2 aromatic carbocycles. The summed E-state index contributed by atoms with van der Waals surface area (Å²) in [6.07, 6.45) is 6.76. The zero-order valence-corrected chi connectivity index (χ0v) is 24.3. The van der Waals surface area contributed by atoms with Gasteiger partial charge in [-0.05, 0) is 54.3 Å². The monoisotopic (exact) mass is 563 g/mol. The van der Waals surface area contributed by atoms with Crippen LogP contribution in [0.3, 0.4) is 0 Å². The van der Waals surface area contributed by atoms with E-state index in [-0.39, 0.29) is 35.5 Å². The molecule has 216 valence electrons. The summed E-state index contributed by atoms with van der Waals surface area (Å²) >= 11 is 0. The highest BCUT2D eigenvalue weighted by molar-refractivity contribution is 6.15. The van der Waals surface area contributed by atoms with Crippen molar-refractivity contribution >= 4 is 34.3 Å². The molecule has 2 saturated heterocycles. The van der Waals surface area contributed by atoms with Gasteiger partial charge in [-0.1, -0.05) is 50.2 Å². The summed E-state index contributed by atoms with van der Waals surface area (Å²) in [4.78, 5) is 54.3. The summed E-state index contributed by atoms with van der Waals surface area (Å²) in [6, 6.07) is 16.7. The number of rotatable bonds is 6. The summed E-state index contributed by atoms with van der Waals surface area (Å²) in [5.74, 6) is 1.55. The molecule has 3 aliphatic heterocycles. The van der Waals surface area contributed by atoms with Crippen LogP contribution in [-0.2, 0) is 14.4 Å². The van der Waals surface area contributed by atoms with Gasteiger partial charge in [0.2, 0.25) is 11.8 Å². The molecule has 0 atom stereocenters. The molecule has 1 spiro atoms. The Labute approximate surface area is 246 Å². The second kappa shape index (κ2) is 10.3. The first-order valence-corrected chi connectivity index (χ1v) is 15.3. The van der Waals surface area contributed by atoms with Gasteiger partial charge in [0.1, 0.15) is 11.4 Å². The van der Waals surface area contributed by atoms with Crippen molar-refractivity contribution in [2.45, 2.75) is 45.1 Å². The number of hydrogen-bond donors (Lipinski definition) is 0. The van der Waals surface area contributed by atoms with Crippen LogP contribution in [0.1, 0.15) is 45.1 Å². The first-order chi connectivity index (χ1) is 20.3. The van der Waals surface area contributed by atoms with Crippen LogP contribution < -0.4 is 0 Å². The van der Waals surface area contributed by atoms with E-state index in [9.17, 15) is 14.4 Å². The minimum atomic E-state index is -0.832. The maximum absolute atomic E-state index is 14.1. The van der Waals surface area contributed by atoms with Gasteiger partial charge in [-0.25, -0.2) is 0 Å². The van der Waals surface area contributed by atoms with Crippen molar-refractivity contribution in [2.24, 2.45) is 22.7 Å². The minimum Gasteiger partial charge on any atom is -0.342 e. The quantitative estimate of drug-likeness (QED) is 0.446. The number of piperidine rings is 1. The van der Waals surface area contributed by atoms with E-state index >= 15 is 0 Å². The average Bonchev–Trinajstić information content (AvgIpc) is 3.81. The summed E-state index contributed by atoms with van der Waals surface area (Å²) < 4.78 is 0. The summed E-state index contributed by atoms with van der Waals surface area (Å²) in [5, 5.41) is 2.25. The van der Waals surface area contributed by atoms with Gasteiger partial charge in [0.25, 0.3) is 5.91 Å². The molecule has 8 heteroatoms. The lowest BCUT2D eigenvalue weighted by atomic mass is 9.87. The zero-order valence-electron chi connectivity index (χ0n) is 24.3. The molecule has 42 heavy (non-hydrogen) atoms. The number of amidine groups is 1. The molecule has 1 aliphatic carbocycles. The van der Waals surface area contributed by atoms with Crippen molar-refractivity contribution in [3.05, 3.63) is 66.5 Å². The van der Waals surface area contributed by atoms with Gasteiger partial charge in [0.05, 0.1) is 0 Å². The Bertz CT molecular complexity index is 1580. The average molecular weight is 564 g/mol. The third-order valence-corrected chi connectivity index (χ3v) is 9.37. The predicted molar refractivity (Wildman–Crippen MR) is 162 cm³/mol. The van der Waals surface area contributed by atoms with Crippen molar-refractivity contribution in [3.63, 3.8) is 0 Å². The lowest BCUT2D eigenvalue weighted by Crippen LogP contribution is -2.57. The molecule has 1 saturated carbocycles. The Morgan fingerprint density at radius 2 is 1.60 bits per heavy atom. The third-order valence-electron chi connectivity index (χ3n) is 9.37. The fraction of sp³-hybridized carbons (Fsp3) is 0.441. The molecule has 3 fully saturated rings. The summed E-state index contributed by atoms with van der Waals surface area (Å²) in [7, 11) is 0. The molecule has 4 heterocycles. The van der Waals surface area contributed by atoms with Crippen LogP contribution >= 0.6 is 0 Å². The number of carbonyl (C=O) groups excluding carboxylic acids is 3. The van der Waals surface area contributed by atoms with Crippen molar-refractivity contribution in [1.82, 2.24) is 19.7 Å². The van der Waals surface area contributed by atoms with Crippen LogP contribution in [0.2, 0.25) is 0 Å². The minimum absolute atomic E-state index is 0.0355. The highest BCUT2D eigenvalue weighted by Gasteiger charge is 2.51. The van der Waals surface area contributed by atoms with Crippen LogP contribution in [0.15, 0.2) is 65.9 Å². The van der Waals surface area contributed by atoms with Crippen molar-refractivity contribution in [1.29, 1.82) is 0 Å². The Kier molecular flexibility index (Phi) is 6.59. The molecule has 3 amide bonds. The van der Waals surface area contributed by atoms with Crippen molar-refractivity contribution in [3.8, 4) is 11.1 Å². The highest BCUT2D eigenvalue weighted by atomic mass is 16.2. The topological polar surface area (TPSA) is 86.2 Å². The number of hydrogen-bond acceptors (Lipinski definition) is 5. The number of nitrogens with zero attached hydrogens (tertiary/aromatic N) is 5. The molecule has 4 aliphatic rings. The fourth-order valence-corrected chi connectivity index (χ4v) is 6.62. The van der Waals surface area contributed by atoms with E-state index in [1.165, 1.54) is 0 Å². The standard InChI is InChI=1S/C34H37N5O3/c1-22(2)31(40)37-15-12-34(13-16-37)33(42)39(21-23-19-38(20-23)32(41)26-7-8-26)30(36-34)25-5-3-24(4-6-25)27-9-10-29-18-35-14-11-28(29)17-27/h3-6,9-11,14,17-18,22-23,26H,7-8,12-13,15-16,19-21H2,1-2H3. The normalized spacial score (nSPS) is 20.4. The van der Waals surface area contributed by atoms with E-state index in [0.717, 1.165) is 40.3 Å². The van der Waals surface area contributed by atoms with Crippen LogP contribution in [0, 0.1) is 17.8 Å². The Morgan fingerprint density at radius 3 is 2.29 bits per heavy atom. The second-order valence-electron chi connectivity index (χ2n) is 12.8. The molecule has 1 aromatic heterocycles. The molecular weight excluding hydrogens is 526 g/mol. The maximum Gasteiger partial charge on any atom is 0.256 e. The van der Waals surface area contributed by atoms with Crippen LogP contribution in [-0.4, -0.2) is 81.5 Å². The third kappa shape index (κ3) is 4.76. The number of amides is 3. The summed E-state index contributed by atoms with van der Waals surface area (Å²) in [5.41, 5.74) is 2.30. The maximum atomic E-state index is 14.1. The predicted octanol–water partition coefficient (Wildman–Crippen LogP) is 4.38. The molecule has 0 unspecified atom stereocenters. The first kappa shape index (κ1) is 26.8. The van der Waals surface area contributed by atoms with Gasteiger partial charge in [-0.2, -0.15) is 0 Å². The van der Waals surface area contributed by atoms with Crippen LogP contribution in [0.25, 0.3) is 21.9 Å².